The molecule has 2 aliphatic heterocycles. The minimum atomic E-state index is 0. The Kier molecular flexibility index (Phi) is 8.21. The summed E-state index contributed by atoms with van der Waals surface area (Å²) in [6, 6.07) is 11.8. The number of halogens is 2. The van der Waals surface area contributed by atoms with Crippen LogP contribution < -0.4 is 10.2 Å². The van der Waals surface area contributed by atoms with Gasteiger partial charge in [-0.05, 0) is 55.0 Å². The highest BCUT2D eigenvalue weighted by Gasteiger charge is 2.31. The number of rotatable bonds is 4. The van der Waals surface area contributed by atoms with E-state index in [1.54, 1.807) is 12.4 Å². The molecule has 2 saturated heterocycles. The lowest BCUT2D eigenvalue weighted by Crippen LogP contribution is -2.45. The molecule has 7 nitrogen and oxygen atoms in total. The molecule has 2 aromatic heterocycles. The van der Waals surface area contributed by atoms with Gasteiger partial charge < -0.3 is 20.1 Å². The number of likely N-dealkylation sites (tertiary alicyclic amines) is 1. The van der Waals surface area contributed by atoms with Crippen molar-refractivity contribution >= 4 is 53.2 Å². The van der Waals surface area contributed by atoms with Gasteiger partial charge in [-0.15, -0.1) is 24.8 Å². The number of amides is 2. The summed E-state index contributed by atoms with van der Waals surface area (Å²) in [5, 5.41) is 4.29. The highest BCUT2D eigenvalue weighted by atomic mass is 35.5. The third-order valence-electron chi connectivity index (χ3n) is 6.52. The van der Waals surface area contributed by atoms with Crippen molar-refractivity contribution in [1.29, 1.82) is 0 Å². The largest absolute Gasteiger partial charge is 0.371 e. The lowest BCUT2D eigenvalue weighted by Gasteiger charge is -2.33. The van der Waals surface area contributed by atoms with Crippen molar-refractivity contribution in [2.24, 2.45) is 5.92 Å². The zero-order valence-electron chi connectivity index (χ0n) is 18.3. The molecule has 2 N–H and O–H groups in total. The quantitative estimate of drug-likeness (QED) is 0.585. The molecule has 0 bridgehead atoms. The first-order valence-corrected chi connectivity index (χ1v) is 11.0. The van der Waals surface area contributed by atoms with E-state index in [1.165, 1.54) is 0 Å². The van der Waals surface area contributed by atoms with Gasteiger partial charge >= 0.3 is 0 Å². The summed E-state index contributed by atoms with van der Waals surface area (Å²) in [6.45, 7) is 2.99. The van der Waals surface area contributed by atoms with Crippen molar-refractivity contribution in [2.45, 2.75) is 25.3 Å². The number of aromatic nitrogens is 2. The minimum absolute atomic E-state index is 0. The number of aromatic amines is 1. The first-order valence-electron chi connectivity index (χ1n) is 11.0. The molecule has 3 aromatic rings. The van der Waals surface area contributed by atoms with E-state index in [0.717, 1.165) is 48.9 Å². The maximum absolute atomic E-state index is 12.9. The first kappa shape index (κ1) is 24.9. The van der Waals surface area contributed by atoms with Crippen LogP contribution in [-0.4, -0.2) is 58.9 Å². The van der Waals surface area contributed by atoms with Gasteiger partial charge in [-0.2, -0.15) is 0 Å². The van der Waals surface area contributed by atoms with Crippen LogP contribution in [0.5, 0.6) is 0 Å². The van der Waals surface area contributed by atoms with E-state index < -0.39 is 0 Å². The summed E-state index contributed by atoms with van der Waals surface area (Å²) < 4.78 is 0. The first-order chi connectivity index (χ1) is 15.2. The fourth-order valence-corrected chi connectivity index (χ4v) is 4.70. The average molecular weight is 490 g/mol. The number of carbonyl (C=O) groups is 2. The predicted octanol–water partition coefficient (Wildman–Crippen LogP) is 3.65. The molecular weight excluding hydrogens is 461 g/mol. The number of nitrogens with one attached hydrogen (secondary N) is 2. The van der Waals surface area contributed by atoms with Gasteiger partial charge in [0.15, 0.2) is 0 Å². The van der Waals surface area contributed by atoms with Crippen LogP contribution in [0.4, 0.5) is 5.69 Å². The molecule has 2 aliphatic rings. The molecule has 0 saturated carbocycles. The molecule has 9 heteroatoms. The maximum atomic E-state index is 12.9. The number of hydrogen-bond donors (Lipinski definition) is 2. The Labute approximate surface area is 205 Å². The third kappa shape index (κ3) is 5.42. The standard InChI is InChI=1S/C24H27N5O2.2ClH/c30-23(18-6-12-28(13-7-18)21-4-9-25-10-5-21)27-20-8-14-29(16-20)24(31)19-2-1-17-3-11-26-22(17)15-19;;/h1-5,9-11,15,18,20,26H,6-8,12-14,16H2,(H,27,30);2*1H. The zero-order chi connectivity index (χ0) is 21.2. The number of H-pyrrole nitrogens is 1. The topological polar surface area (TPSA) is 81.3 Å². The van der Waals surface area contributed by atoms with E-state index in [2.05, 4.69) is 20.2 Å². The summed E-state index contributed by atoms with van der Waals surface area (Å²) in [7, 11) is 0. The second-order valence-electron chi connectivity index (χ2n) is 8.49. The van der Waals surface area contributed by atoms with E-state index in [1.807, 2.05) is 47.5 Å². The Morgan fingerprint density at radius 3 is 2.48 bits per heavy atom. The second kappa shape index (κ2) is 10.9. The van der Waals surface area contributed by atoms with Gasteiger partial charge in [-0.25, -0.2) is 0 Å². The monoisotopic (exact) mass is 489 g/mol. The van der Waals surface area contributed by atoms with Gasteiger partial charge in [-0.3, -0.25) is 14.6 Å². The maximum Gasteiger partial charge on any atom is 0.254 e. The van der Waals surface area contributed by atoms with Crippen molar-refractivity contribution in [1.82, 2.24) is 20.2 Å². The lowest BCUT2D eigenvalue weighted by atomic mass is 9.95. The average Bonchev–Trinajstić information content (AvgIpc) is 3.48. The number of nitrogens with zero attached hydrogens (tertiary/aromatic N) is 3. The van der Waals surface area contributed by atoms with Gasteiger partial charge in [0.2, 0.25) is 5.91 Å². The number of pyridine rings is 1. The number of piperidine rings is 1. The molecule has 0 spiro atoms. The third-order valence-corrected chi connectivity index (χ3v) is 6.52. The normalized spacial score (nSPS) is 18.5. The van der Waals surface area contributed by atoms with Crippen molar-refractivity contribution in [3.63, 3.8) is 0 Å². The van der Waals surface area contributed by atoms with Crippen LogP contribution in [0.2, 0.25) is 0 Å². The molecule has 0 radical (unpaired) electrons. The Bertz CT molecular complexity index is 1080. The highest BCUT2D eigenvalue weighted by Crippen LogP contribution is 2.24. The van der Waals surface area contributed by atoms with Crippen LogP contribution in [-0.2, 0) is 4.79 Å². The summed E-state index contributed by atoms with van der Waals surface area (Å²) in [6.07, 6.45) is 7.98. The fourth-order valence-electron chi connectivity index (χ4n) is 4.70. The summed E-state index contributed by atoms with van der Waals surface area (Å²) >= 11 is 0. The van der Waals surface area contributed by atoms with Gasteiger partial charge in [0, 0.05) is 73.5 Å². The predicted molar refractivity (Wildman–Crippen MR) is 134 cm³/mol. The van der Waals surface area contributed by atoms with Gasteiger partial charge in [-0.1, -0.05) is 6.07 Å². The molecular formula is C24H29Cl2N5O2. The Balaban J connectivity index is 0.00000153. The van der Waals surface area contributed by atoms with E-state index >= 15 is 0 Å². The van der Waals surface area contributed by atoms with Crippen molar-refractivity contribution < 1.29 is 9.59 Å². The van der Waals surface area contributed by atoms with Gasteiger partial charge in [0.05, 0.1) is 0 Å². The highest BCUT2D eigenvalue weighted by molar-refractivity contribution is 5.98. The molecule has 2 fully saturated rings. The number of fused-ring (bicyclic) bond motifs is 1. The smallest absolute Gasteiger partial charge is 0.254 e. The van der Waals surface area contributed by atoms with E-state index in [9.17, 15) is 9.59 Å². The van der Waals surface area contributed by atoms with Crippen LogP contribution in [0.15, 0.2) is 55.0 Å². The fraction of sp³-hybridized carbons (Fsp3) is 0.375. The van der Waals surface area contributed by atoms with Crippen LogP contribution in [0, 0.1) is 5.92 Å². The number of anilines is 1. The molecule has 1 unspecified atom stereocenters. The molecule has 2 amide bonds. The Morgan fingerprint density at radius 1 is 0.970 bits per heavy atom. The SMILES string of the molecule is Cl.Cl.O=C(NC1CCN(C(=O)c2ccc3cc[nH]c3c2)C1)C1CCN(c2ccncc2)CC1. The number of carbonyl (C=O) groups excluding carboxylic acids is 2. The lowest BCUT2D eigenvalue weighted by molar-refractivity contribution is -0.126. The molecule has 1 atom stereocenters. The molecule has 1 aromatic carbocycles. The Hall–Kier alpha value is -2.77. The molecule has 33 heavy (non-hydrogen) atoms. The molecule has 0 aliphatic carbocycles. The van der Waals surface area contributed by atoms with Gasteiger partial charge in [0.1, 0.15) is 0 Å². The number of hydrogen-bond acceptors (Lipinski definition) is 4. The van der Waals surface area contributed by atoms with Gasteiger partial charge in [0.25, 0.3) is 5.91 Å². The molecule has 176 valence electrons. The van der Waals surface area contributed by atoms with Crippen LogP contribution in [0.3, 0.4) is 0 Å². The van der Waals surface area contributed by atoms with E-state index in [4.69, 9.17) is 0 Å². The van der Waals surface area contributed by atoms with Crippen molar-refractivity contribution in [2.75, 3.05) is 31.1 Å². The van der Waals surface area contributed by atoms with Crippen molar-refractivity contribution in [3.05, 3.63) is 60.6 Å². The summed E-state index contributed by atoms with van der Waals surface area (Å²) in [5.74, 6) is 0.193. The van der Waals surface area contributed by atoms with Crippen LogP contribution >= 0.6 is 24.8 Å². The minimum Gasteiger partial charge on any atom is -0.371 e. The second-order valence-corrected chi connectivity index (χ2v) is 8.49. The summed E-state index contributed by atoms with van der Waals surface area (Å²) in [5.41, 5.74) is 2.81. The van der Waals surface area contributed by atoms with E-state index in [-0.39, 0.29) is 48.6 Å². The van der Waals surface area contributed by atoms with E-state index in [0.29, 0.717) is 18.7 Å². The molecule has 5 rings (SSSR count). The van der Waals surface area contributed by atoms with Crippen molar-refractivity contribution in [3.8, 4) is 0 Å². The number of benzene rings is 1. The van der Waals surface area contributed by atoms with Crippen LogP contribution in [0.25, 0.3) is 10.9 Å². The zero-order valence-corrected chi connectivity index (χ0v) is 19.9. The van der Waals surface area contributed by atoms with Crippen LogP contribution in [0.1, 0.15) is 29.6 Å². The summed E-state index contributed by atoms with van der Waals surface area (Å²) in [4.78, 5) is 37.1. The Morgan fingerprint density at radius 2 is 1.73 bits per heavy atom. The molecule has 4 heterocycles.